The normalized spacial score (nSPS) is 11.2. The Hall–Kier alpha value is -3.82. The molecule has 3 aromatic heterocycles. The fourth-order valence-corrected chi connectivity index (χ4v) is 3.15. The molecule has 0 bridgehead atoms. The molecule has 0 saturated heterocycles. The highest BCUT2D eigenvalue weighted by Crippen LogP contribution is 2.14. The van der Waals surface area contributed by atoms with Gasteiger partial charge in [0.25, 0.3) is 22.8 Å². The summed E-state index contributed by atoms with van der Waals surface area (Å²) >= 11 is 0. The predicted molar refractivity (Wildman–Crippen MR) is 103 cm³/mol. The van der Waals surface area contributed by atoms with Gasteiger partial charge in [0.1, 0.15) is 0 Å². The Labute approximate surface area is 157 Å². The Morgan fingerprint density at radius 3 is 2.57 bits per heavy atom. The molecule has 10 nitrogen and oxygen atoms in total. The molecule has 0 spiro atoms. The van der Waals surface area contributed by atoms with E-state index in [1.165, 1.54) is 11.6 Å². The van der Waals surface area contributed by atoms with Gasteiger partial charge in [0.05, 0.1) is 11.1 Å². The Morgan fingerprint density at radius 1 is 1.14 bits per heavy atom. The zero-order chi connectivity index (χ0) is 20.0. The SMILES string of the molecule is CCc1c(C)nc2nc(NC(=O)c3nn(C)c(=O)c4ccccc34)[nH]n2c1=O. The molecule has 10 heteroatoms. The van der Waals surface area contributed by atoms with Gasteiger partial charge in [-0.3, -0.25) is 24.8 Å². The Bertz CT molecular complexity index is 1360. The molecule has 0 aliphatic rings. The van der Waals surface area contributed by atoms with Gasteiger partial charge in [-0.2, -0.15) is 14.6 Å². The van der Waals surface area contributed by atoms with Crippen LogP contribution in [0.2, 0.25) is 0 Å². The van der Waals surface area contributed by atoms with Crippen LogP contribution in [0, 0.1) is 6.92 Å². The Morgan fingerprint density at radius 2 is 1.86 bits per heavy atom. The summed E-state index contributed by atoms with van der Waals surface area (Å²) in [4.78, 5) is 45.9. The molecule has 4 aromatic rings. The number of aromatic amines is 1. The van der Waals surface area contributed by atoms with E-state index < -0.39 is 5.91 Å². The topological polar surface area (TPSA) is 127 Å². The predicted octanol–water partition coefficient (Wildman–Crippen LogP) is 0.788. The molecule has 0 aliphatic carbocycles. The molecule has 0 fully saturated rings. The molecule has 1 aromatic carbocycles. The van der Waals surface area contributed by atoms with Crippen LogP contribution in [0.3, 0.4) is 0 Å². The van der Waals surface area contributed by atoms with E-state index >= 15 is 0 Å². The van der Waals surface area contributed by atoms with Crippen LogP contribution in [-0.4, -0.2) is 35.3 Å². The lowest BCUT2D eigenvalue weighted by atomic mass is 10.1. The lowest BCUT2D eigenvalue weighted by molar-refractivity contribution is 0.102. The van der Waals surface area contributed by atoms with E-state index in [2.05, 4.69) is 25.5 Å². The van der Waals surface area contributed by atoms with Crippen LogP contribution in [0.15, 0.2) is 33.9 Å². The molecule has 0 saturated carbocycles. The standard InChI is InChI=1S/C18H17N7O3/c1-4-10-9(2)19-18-21-17(23-25(18)16(10)28)20-14(26)13-11-7-5-6-8-12(11)15(27)24(3)22-13/h5-8H,4H2,1-3H3,(H2,19,20,21,23,26). The number of anilines is 1. The average Bonchev–Trinajstić information content (AvgIpc) is 3.07. The van der Waals surface area contributed by atoms with Crippen molar-refractivity contribution in [1.82, 2.24) is 29.4 Å². The van der Waals surface area contributed by atoms with Crippen LogP contribution in [0.5, 0.6) is 0 Å². The van der Waals surface area contributed by atoms with E-state index in [4.69, 9.17) is 0 Å². The molecular weight excluding hydrogens is 362 g/mol. The summed E-state index contributed by atoms with van der Waals surface area (Å²) in [5, 5.41) is 10.2. The van der Waals surface area contributed by atoms with Crippen molar-refractivity contribution in [1.29, 1.82) is 0 Å². The quantitative estimate of drug-likeness (QED) is 0.542. The molecule has 0 unspecified atom stereocenters. The molecule has 0 radical (unpaired) electrons. The molecule has 142 valence electrons. The maximum absolute atomic E-state index is 12.8. The summed E-state index contributed by atoms with van der Waals surface area (Å²) in [6, 6.07) is 6.73. The van der Waals surface area contributed by atoms with Crippen LogP contribution in [-0.2, 0) is 13.5 Å². The van der Waals surface area contributed by atoms with Crippen molar-refractivity contribution in [3.05, 3.63) is 61.9 Å². The van der Waals surface area contributed by atoms with Gasteiger partial charge in [-0.25, -0.2) is 9.67 Å². The third kappa shape index (κ3) is 2.66. The van der Waals surface area contributed by atoms with E-state index in [-0.39, 0.29) is 28.5 Å². The number of H-pyrrole nitrogens is 1. The molecule has 28 heavy (non-hydrogen) atoms. The van der Waals surface area contributed by atoms with Gasteiger partial charge in [0, 0.05) is 18.0 Å². The van der Waals surface area contributed by atoms with Gasteiger partial charge in [-0.05, 0) is 19.4 Å². The van der Waals surface area contributed by atoms with E-state index in [1.807, 2.05) is 6.92 Å². The first-order chi connectivity index (χ1) is 13.4. The second kappa shape index (κ2) is 6.41. The molecular formula is C18H17N7O3. The summed E-state index contributed by atoms with van der Waals surface area (Å²) < 4.78 is 2.30. The van der Waals surface area contributed by atoms with Crippen LogP contribution in [0.25, 0.3) is 16.6 Å². The first-order valence-electron chi connectivity index (χ1n) is 8.66. The van der Waals surface area contributed by atoms with Crippen molar-refractivity contribution < 1.29 is 4.79 Å². The average molecular weight is 379 g/mol. The number of carbonyl (C=O) groups excluding carboxylic acids is 1. The summed E-state index contributed by atoms with van der Waals surface area (Å²) in [5.41, 5.74) is 0.689. The van der Waals surface area contributed by atoms with Crippen molar-refractivity contribution >= 4 is 28.4 Å². The van der Waals surface area contributed by atoms with Crippen LogP contribution in [0.4, 0.5) is 5.95 Å². The summed E-state index contributed by atoms with van der Waals surface area (Å²) in [7, 11) is 1.48. The monoisotopic (exact) mass is 379 g/mol. The zero-order valence-electron chi connectivity index (χ0n) is 15.5. The van der Waals surface area contributed by atoms with Crippen molar-refractivity contribution in [2.45, 2.75) is 20.3 Å². The van der Waals surface area contributed by atoms with E-state index in [0.29, 0.717) is 28.5 Å². The lowest BCUT2D eigenvalue weighted by Crippen LogP contribution is -2.25. The van der Waals surface area contributed by atoms with Crippen LogP contribution < -0.4 is 16.4 Å². The van der Waals surface area contributed by atoms with Crippen molar-refractivity contribution in [2.24, 2.45) is 7.05 Å². The van der Waals surface area contributed by atoms with Gasteiger partial charge in [-0.1, -0.05) is 25.1 Å². The molecule has 1 amide bonds. The first kappa shape index (κ1) is 17.6. The van der Waals surface area contributed by atoms with Crippen LogP contribution >= 0.6 is 0 Å². The number of fused-ring (bicyclic) bond motifs is 2. The fourth-order valence-electron chi connectivity index (χ4n) is 3.15. The number of aromatic nitrogens is 6. The van der Waals surface area contributed by atoms with E-state index in [1.54, 1.807) is 31.2 Å². The maximum Gasteiger partial charge on any atom is 0.279 e. The number of rotatable bonds is 3. The minimum Gasteiger partial charge on any atom is -0.289 e. The highest BCUT2D eigenvalue weighted by atomic mass is 16.2. The van der Waals surface area contributed by atoms with Crippen molar-refractivity contribution in [2.75, 3.05) is 5.32 Å². The van der Waals surface area contributed by atoms with Gasteiger partial charge in [0.2, 0.25) is 5.95 Å². The highest BCUT2D eigenvalue weighted by Gasteiger charge is 2.18. The number of benzene rings is 1. The number of nitrogens with one attached hydrogen (secondary N) is 2. The number of hydrogen-bond donors (Lipinski definition) is 2. The summed E-state index contributed by atoms with van der Waals surface area (Å²) in [6.07, 6.45) is 0.537. The maximum atomic E-state index is 12.8. The first-order valence-corrected chi connectivity index (χ1v) is 8.66. The summed E-state index contributed by atoms with van der Waals surface area (Å²) in [5.74, 6) is -0.346. The smallest absolute Gasteiger partial charge is 0.279 e. The Balaban J connectivity index is 1.79. The minimum atomic E-state index is -0.564. The van der Waals surface area contributed by atoms with Gasteiger partial charge in [-0.15, -0.1) is 0 Å². The number of nitrogens with zero attached hydrogens (tertiary/aromatic N) is 5. The molecule has 3 heterocycles. The largest absolute Gasteiger partial charge is 0.289 e. The highest BCUT2D eigenvalue weighted by molar-refractivity contribution is 6.10. The molecule has 0 aliphatic heterocycles. The molecule has 2 N–H and O–H groups in total. The van der Waals surface area contributed by atoms with Crippen LogP contribution in [0.1, 0.15) is 28.7 Å². The second-order valence-corrected chi connectivity index (χ2v) is 6.32. The van der Waals surface area contributed by atoms with E-state index in [0.717, 1.165) is 4.68 Å². The third-order valence-electron chi connectivity index (χ3n) is 4.55. The van der Waals surface area contributed by atoms with Crippen molar-refractivity contribution in [3.63, 3.8) is 0 Å². The lowest BCUT2D eigenvalue weighted by Gasteiger charge is -2.07. The fraction of sp³-hybridized carbons (Fsp3) is 0.222. The zero-order valence-corrected chi connectivity index (χ0v) is 15.5. The number of aryl methyl sites for hydroxylation is 2. The third-order valence-corrected chi connectivity index (χ3v) is 4.55. The number of carbonyl (C=O) groups is 1. The minimum absolute atomic E-state index is 0.0574. The second-order valence-electron chi connectivity index (χ2n) is 6.32. The Kier molecular flexibility index (Phi) is 4.03. The number of amides is 1. The van der Waals surface area contributed by atoms with Gasteiger partial charge >= 0.3 is 0 Å². The summed E-state index contributed by atoms with van der Waals surface area (Å²) in [6.45, 7) is 3.61. The van der Waals surface area contributed by atoms with Gasteiger partial charge < -0.3 is 0 Å². The molecule has 4 rings (SSSR count). The number of hydrogen-bond acceptors (Lipinski definition) is 6. The van der Waals surface area contributed by atoms with Gasteiger partial charge in [0.15, 0.2) is 5.69 Å². The molecule has 0 atom stereocenters. The van der Waals surface area contributed by atoms with E-state index in [9.17, 15) is 14.4 Å². The van der Waals surface area contributed by atoms with Crippen molar-refractivity contribution in [3.8, 4) is 0 Å².